The molecule has 9 heteroatoms. The van der Waals surface area contributed by atoms with Crippen molar-refractivity contribution in [1.82, 2.24) is 9.47 Å². The van der Waals surface area contributed by atoms with Crippen LogP contribution >= 0.6 is 11.3 Å². The summed E-state index contributed by atoms with van der Waals surface area (Å²) in [6.07, 6.45) is 3.08. The lowest BCUT2D eigenvalue weighted by molar-refractivity contribution is -0.136. The number of ether oxygens (including phenoxy) is 2. The summed E-state index contributed by atoms with van der Waals surface area (Å²) in [7, 11) is 0. The molecule has 0 unspecified atom stereocenters. The third-order valence-corrected chi connectivity index (χ3v) is 7.34. The van der Waals surface area contributed by atoms with Crippen LogP contribution in [0.4, 0.5) is 5.69 Å². The summed E-state index contributed by atoms with van der Waals surface area (Å²) in [4.78, 5) is 42.4. The Kier molecular flexibility index (Phi) is 9.51. The average molecular weight is 536 g/mol. The van der Waals surface area contributed by atoms with Gasteiger partial charge in [0.15, 0.2) is 0 Å². The Morgan fingerprint density at radius 3 is 2.42 bits per heavy atom. The van der Waals surface area contributed by atoms with Crippen molar-refractivity contribution in [2.75, 3.05) is 44.4 Å². The Labute approximate surface area is 226 Å². The van der Waals surface area contributed by atoms with Gasteiger partial charge in [-0.25, -0.2) is 4.79 Å². The van der Waals surface area contributed by atoms with Crippen LogP contribution in [0.2, 0.25) is 0 Å². The van der Waals surface area contributed by atoms with Gasteiger partial charge in [-0.1, -0.05) is 42.5 Å². The molecule has 1 aromatic heterocycles. The Morgan fingerprint density at radius 1 is 1.05 bits per heavy atom. The van der Waals surface area contributed by atoms with Crippen molar-refractivity contribution >= 4 is 41.1 Å². The summed E-state index contributed by atoms with van der Waals surface area (Å²) < 4.78 is 12.6. The molecule has 1 aliphatic rings. The highest BCUT2D eigenvalue weighted by Gasteiger charge is 2.19. The van der Waals surface area contributed by atoms with E-state index in [9.17, 15) is 14.4 Å². The lowest BCUT2D eigenvalue weighted by atomic mass is 10.1. The van der Waals surface area contributed by atoms with Gasteiger partial charge < -0.3 is 19.3 Å². The van der Waals surface area contributed by atoms with Gasteiger partial charge in [-0.15, -0.1) is 11.3 Å². The number of carbonyl (C=O) groups is 2. The maximum absolute atomic E-state index is 13.3. The van der Waals surface area contributed by atoms with Gasteiger partial charge in [-0.2, -0.15) is 0 Å². The molecular weight excluding hydrogens is 502 g/mol. The number of aromatic nitrogens is 1. The minimum Gasteiger partial charge on any atom is -0.463 e. The Balaban J connectivity index is 1.62. The van der Waals surface area contributed by atoms with E-state index in [4.69, 9.17) is 9.47 Å². The van der Waals surface area contributed by atoms with Crippen molar-refractivity contribution in [2.24, 2.45) is 0 Å². The molecule has 0 saturated carbocycles. The third kappa shape index (κ3) is 6.99. The summed E-state index contributed by atoms with van der Waals surface area (Å²) in [6, 6.07) is 18.3. The first kappa shape index (κ1) is 27.3. The number of hydrogen-bond acceptors (Lipinski definition) is 7. The molecule has 3 aromatic rings. The van der Waals surface area contributed by atoms with Crippen LogP contribution in [0, 0.1) is 0 Å². The monoisotopic (exact) mass is 535 g/mol. The molecule has 0 aliphatic carbocycles. The third-order valence-electron chi connectivity index (χ3n) is 6.28. The Morgan fingerprint density at radius 2 is 1.76 bits per heavy atom. The lowest BCUT2D eigenvalue weighted by Crippen LogP contribution is -2.45. The number of hydrogen-bond donors (Lipinski definition) is 0. The topological polar surface area (TPSA) is 81.1 Å². The summed E-state index contributed by atoms with van der Waals surface area (Å²) in [5, 5.41) is 0. The van der Waals surface area contributed by atoms with Crippen LogP contribution in [-0.2, 0) is 32.2 Å². The van der Waals surface area contributed by atoms with E-state index in [0.29, 0.717) is 35.5 Å². The smallest absolute Gasteiger partial charge is 0.333 e. The first-order valence-corrected chi connectivity index (χ1v) is 13.6. The first-order chi connectivity index (χ1) is 18.5. The normalized spacial score (nSPS) is 14.5. The van der Waals surface area contributed by atoms with Crippen LogP contribution in [0.1, 0.15) is 25.0 Å². The molecular formula is C29H33N3O5S. The molecule has 200 valence electrons. The van der Waals surface area contributed by atoms with Crippen molar-refractivity contribution in [2.45, 2.75) is 26.9 Å². The van der Waals surface area contributed by atoms with Gasteiger partial charge in [0, 0.05) is 31.9 Å². The number of benzene rings is 2. The molecule has 2 aromatic carbocycles. The van der Waals surface area contributed by atoms with Crippen LogP contribution in [0.5, 0.6) is 0 Å². The number of thiazole rings is 1. The largest absolute Gasteiger partial charge is 0.463 e. The van der Waals surface area contributed by atoms with Gasteiger partial charge >= 0.3 is 5.97 Å². The zero-order chi connectivity index (χ0) is 26.9. The molecule has 0 N–H and O–H groups in total. The predicted molar refractivity (Wildman–Crippen MR) is 150 cm³/mol. The second-order valence-electron chi connectivity index (χ2n) is 8.82. The zero-order valence-electron chi connectivity index (χ0n) is 21.8. The summed E-state index contributed by atoms with van der Waals surface area (Å²) in [5.41, 5.74) is 2.87. The van der Waals surface area contributed by atoms with Crippen molar-refractivity contribution in [3.8, 4) is 0 Å². The molecule has 1 fully saturated rings. The second kappa shape index (κ2) is 13.2. The Hall–Kier alpha value is -3.69. The predicted octanol–water partition coefficient (Wildman–Crippen LogP) is 1.97. The molecule has 0 bridgehead atoms. The van der Waals surface area contributed by atoms with E-state index < -0.39 is 5.97 Å². The molecule has 0 spiro atoms. The maximum Gasteiger partial charge on any atom is 0.333 e. The van der Waals surface area contributed by atoms with E-state index in [1.807, 2.05) is 42.5 Å². The standard InChI is InChI=1S/C29H33N3O5S/c1-3-30(20-23-8-6-5-7-9-23)24-12-10-22(11-13-24)18-25-29(35)32(27(38-25)19-28(34)37-4-2)21-26(33)31-14-16-36-17-15-31/h5-13,18-19H,3-4,14-17,20-21H2,1-2H3/b25-18-,27-19+. The van der Waals surface area contributed by atoms with Gasteiger partial charge in [0.1, 0.15) is 11.2 Å². The number of morpholine rings is 1. The molecule has 2 heterocycles. The highest BCUT2D eigenvalue weighted by Crippen LogP contribution is 2.18. The highest BCUT2D eigenvalue weighted by molar-refractivity contribution is 7.07. The average Bonchev–Trinajstić information content (AvgIpc) is 3.22. The van der Waals surface area contributed by atoms with Crippen LogP contribution < -0.4 is 19.7 Å². The van der Waals surface area contributed by atoms with Crippen molar-refractivity contribution in [1.29, 1.82) is 0 Å². The lowest BCUT2D eigenvalue weighted by Gasteiger charge is -2.26. The van der Waals surface area contributed by atoms with E-state index in [-0.39, 0.29) is 24.6 Å². The van der Waals surface area contributed by atoms with Crippen LogP contribution in [-0.4, -0.2) is 60.8 Å². The molecule has 0 radical (unpaired) electrons. The summed E-state index contributed by atoms with van der Waals surface area (Å²) >= 11 is 1.17. The Bertz CT molecular complexity index is 1410. The second-order valence-corrected chi connectivity index (χ2v) is 9.88. The van der Waals surface area contributed by atoms with Gasteiger partial charge in [0.2, 0.25) is 5.91 Å². The van der Waals surface area contributed by atoms with Gasteiger partial charge in [0.25, 0.3) is 5.56 Å². The zero-order valence-corrected chi connectivity index (χ0v) is 22.6. The van der Waals surface area contributed by atoms with Crippen LogP contribution in [0.3, 0.4) is 0 Å². The maximum atomic E-state index is 13.3. The van der Waals surface area contributed by atoms with E-state index >= 15 is 0 Å². The number of carbonyl (C=O) groups excluding carboxylic acids is 2. The van der Waals surface area contributed by atoms with Gasteiger partial charge in [-0.05, 0) is 43.2 Å². The van der Waals surface area contributed by atoms with E-state index in [0.717, 1.165) is 24.3 Å². The molecule has 0 atom stereocenters. The molecule has 8 nitrogen and oxygen atoms in total. The fourth-order valence-corrected chi connectivity index (χ4v) is 5.28. The number of esters is 1. The van der Waals surface area contributed by atoms with Crippen molar-refractivity contribution in [3.05, 3.63) is 85.3 Å². The number of amides is 1. The fraction of sp³-hybridized carbons (Fsp3) is 0.345. The quantitative estimate of drug-likeness (QED) is 0.390. The van der Waals surface area contributed by atoms with Crippen molar-refractivity contribution in [3.63, 3.8) is 0 Å². The van der Waals surface area contributed by atoms with Crippen LogP contribution in [0.15, 0.2) is 59.4 Å². The molecule has 1 amide bonds. The first-order valence-electron chi connectivity index (χ1n) is 12.8. The fourth-order valence-electron chi connectivity index (χ4n) is 4.25. The SMILES string of the molecule is CCOC(=O)/C=c1/s/c(=C\c2ccc(N(CC)Cc3ccccc3)cc2)c(=O)n1CC(=O)N1CCOCC1. The van der Waals surface area contributed by atoms with Gasteiger partial charge in [0.05, 0.1) is 30.4 Å². The molecule has 38 heavy (non-hydrogen) atoms. The molecule has 4 rings (SSSR count). The minimum absolute atomic E-state index is 0.141. The number of anilines is 1. The van der Waals surface area contributed by atoms with E-state index in [1.165, 1.54) is 27.5 Å². The van der Waals surface area contributed by atoms with E-state index in [2.05, 4.69) is 24.0 Å². The highest BCUT2D eigenvalue weighted by atomic mass is 32.1. The van der Waals surface area contributed by atoms with E-state index in [1.54, 1.807) is 17.9 Å². The van der Waals surface area contributed by atoms with Crippen molar-refractivity contribution < 1.29 is 19.1 Å². The molecule has 1 aliphatic heterocycles. The number of nitrogens with zero attached hydrogens (tertiary/aromatic N) is 3. The van der Waals surface area contributed by atoms with Crippen LogP contribution in [0.25, 0.3) is 12.2 Å². The van der Waals surface area contributed by atoms with Gasteiger partial charge in [-0.3, -0.25) is 14.2 Å². The summed E-state index contributed by atoms with van der Waals surface area (Å²) in [6.45, 7) is 7.51. The molecule has 1 saturated heterocycles. The minimum atomic E-state index is -0.546. The number of rotatable bonds is 9. The summed E-state index contributed by atoms with van der Waals surface area (Å²) in [5.74, 6) is -0.726.